The Bertz CT molecular complexity index is 964. The van der Waals surface area contributed by atoms with Gasteiger partial charge in [-0.25, -0.2) is 13.4 Å². The van der Waals surface area contributed by atoms with E-state index in [9.17, 15) is 21.6 Å². The molecule has 3 rings (SSSR count). The Balaban J connectivity index is 1.81. The van der Waals surface area contributed by atoms with Crippen LogP contribution in [0.25, 0.3) is 0 Å². The summed E-state index contributed by atoms with van der Waals surface area (Å²) in [6.07, 6.45) is -4.02. The molecule has 152 valence electrons. The molecule has 1 fully saturated rings. The standard InChI is InChI=1S/C17H20F3N5O2S/c1-24(2)15-10-14(17(18,19)20)22-16(23-15)21-11-12-5-3-6-13(9-12)25-7-4-8-28(25,26)27/h3,5-6,9-10H,4,7-8,11H2,1-2H3,(H,21,22,23). The molecule has 0 atom stereocenters. The SMILES string of the molecule is CN(C)c1cc(C(F)(F)F)nc(NCc2cccc(N3CCCS3(=O)=O)c2)n1. The van der Waals surface area contributed by atoms with Crippen molar-refractivity contribution in [2.24, 2.45) is 0 Å². The molecule has 28 heavy (non-hydrogen) atoms. The van der Waals surface area contributed by atoms with Gasteiger partial charge >= 0.3 is 6.18 Å². The van der Waals surface area contributed by atoms with Crippen LogP contribution in [0.2, 0.25) is 0 Å². The number of hydrogen-bond donors (Lipinski definition) is 1. The number of benzene rings is 1. The van der Waals surface area contributed by atoms with Crippen molar-refractivity contribution in [1.82, 2.24) is 9.97 Å². The van der Waals surface area contributed by atoms with Crippen LogP contribution in [0.4, 0.5) is 30.6 Å². The van der Waals surface area contributed by atoms with Crippen molar-refractivity contribution in [2.45, 2.75) is 19.1 Å². The Kier molecular flexibility index (Phi) is 5.37. The molecule has 0 saturated carbocycles. The summed E-state index contributed by atoms with van der Waals surface area (Å²) in [4.78, 5) is 9.09. The van der Waals surface area contributed by atoms with E-state index in [1.807, 2.05) is 0 Å². The lowest BCUT2D eigenvalue weighted by Crippen LogP contribution is -2.25. The van der Waals surface area contributed by atoms with Gasteiger partial charge in [0.05, 0.1) is 11.4 Å². The van der Waals surface area contributed by atoms with Crippen LogP contribution < -0.4 is 14.5 Å². The van der Waals surface area contributed by atoms with Crippen molar-refractivity contribution in [3.05, 3.63) is 41.6 Å². The van der Waals surface area contributed by atoms with E-state index < -0.39 is 21.9 Å². The summed E-state index contributed by atoms with van der Waals surface area (Å²) in [5, 5.41) is 2.79. The predicted octanol–water partition coefficient (Wildman–Crippen LogP) is 2.71. The summed E-state index contributed by atoms with van der Waals surface area (Å²) in [5.41, 5.74) is 0.202. The Labute approximate surface area is 161 Å². The monoisotopic (exact) mass is 415 g/mol. The highest BCUT2D eigenvalue weighted by Crippen LogP contribution is 2.30. The van der Waals surface area contributed by atoms with Gasteiger partial charge in [-0.3, -0.25) is 4.31 Å². The largest absolute Gasteiger partial charge is 0.433 e. The molecule has 1 aliphatic heterocycles. The highest BCUT2D eigenvalue weighted by atomic mass is 32.2. The zero-order chi connectivity index (χ0) is 20.5. The molecule has 1 aromatic heterocycles. The zero-order valence-electron chi connectivity index (χ0n) is 15.4. The number of hydrogen-bond acceptors (Lipinski definition) is 6. The van der Waals surface area contributed by atoms with Crippen LogP contribution in [0.3, 0.4) is 0 Å². The smallest absolute Gasteiger partial charge is 0.363 e. The second kappa shape index (κ2) is 7.46. The first-order valence-electron chi connectivity index (χ1n) is 8.53. The van der Waals surface area contributed by atoms with E-state index in [2.05, 4.69) is 15.3 Å². The van der Waals surface area contributed by atoms with Crippen LogP contribution in [0.1, 0.15) is 17.7 Å². The second-order valence-corrected chi connectivity index (χ2v) is 8.61. The van der Waals surface area contributed by atoms with E-state index in [1.165, 1.54) is 9.21 Å². The van der Waals surface area contributed by atoms with Crippen LogP contribution in [0, 0.1) is 0 Å². The third-order valence-electron chi connectivity index (χ3n) is 4.21. The number of aromatic nitrogens is 2. The minimum absolute atomic E-state index is 0.112. The average Bonchev–Trinajstić information content (AvgIpc) is 2.98. The molecule has 1 aromatic carbocycles. The first-order valence-corrected chi connectivity index (χ1v) is 10.1. The van der Waals surface area contributed by atoms with Crippen LogP contribution in [-0.2, 0) is 22.7 Å². The van der Waals surface area contributed by atoms with Crippen LogP contribution >= 0.6 is 0 Å². The summed E-state index contributed by atoms with van der Waals surface area (Å²) in [6.45, 7) is 0.568. The Morgan fingerprint density at radius 2 is 1.96 bits per heavy atom. The van der Waals surface area contributed by atoms with Crippen LogP contribution in [-0.4, -0.2) is 44.8 Å². The molecule has 1 aliphatic rings. The Hall–Kier alpha value is -2.56. The van der Waals surface area contributed by atoms with Gasteiger partial charge in [-0.1, -0.05) is 12.1 Å². The van der Waals surface area contributed by atoms with Crippen molar-refractivity contribution < 1.29 is 21.6 Å². The van der Waals surface area contributed by atoms with Gasteiger partial charge in [-0.2, -0.15) is 18.2 Å². The molecule has 0 spiro atoms. The highest BCUT2D eigenvalue weighted by Gasteiger charge is 2.34. The van der Waals surface area contributed by atoms with Crippen molar-refractivity contribution in [3.8, 4) is 0 Å². The molecule has 0 aliphatic carbocycles. The van der Waals surface area contributed by atoms with E-state index in [-0.39, 0.29) is 24.1 Å². The fourth-order valence-corrected chi connectivity index (χ4v) is 4.38. The lowest BCUT2D eigenvalue weighted by atomic mass is 10.2. The fourth-order valence-electron chi connectivity index (χ4n) is 2.82. The summed E-state index contributed by atoms with van der Waals surface area (Å²) >= 11 is 0. The van der Waals surface area contributed by atoms with E-state index in [0.717, 1.165) is 6.07 Å². The van der Waals surface area contributed by atoms with E-state index >= 15 is 0 Å². The number of sulfonamides is 1. The normalized spacial score (nSPS) is 16.2. The van der Waals surface area contributed by atoms with Crippen LogP contribution in [0.5, 0.6) is 0 Å². The van der Waals surface area contributed by atoms with Gasteiger partial charge in [0.2, 0.25) is 16.0 Å². The van der Waals surface area contributed by atoms with Gasteiger partial charge in [0, 0.05) is 33.3 Å². The Morgan fingerprint density at radius 3 is 2.57 bits per heavy atom. The van der Waals surface area contributed by atoms with Gasteiger partial charge in [0.1, 0.15) is 5.82 Å². The molecule has 1 N–H and O–H groups in total. The molecular weight excluding hydrogens is 395 g/mol. The maximum atomic E-state index is 13.1. The molecule has 2 aromatic rings. The number of rotatable bonds is 5. The quantitative estimate of drug-likeness (QED) is 0.809. The van der Waals surface area contributed by atoms with Crippen LogP contribution in [0.15, 0.2) is 30.3 Å². The number of alkyl halides is 3. The molecule has 2 heterocycles. The number of anilines is 3. The number of nitrogens with zero attached hydrogens (tertiary/aromatic N) is 4. The molecule has 0 amide bonds. The third-order valence-corrected chi connectivity index (χ3v) is 6.08. The second-order valence-electron chi connectivity index (χ2n) is 6.59. The molecule has 0 radical (unpaired) electrons. The summed E-state index contributed by atoms with van der Waals surface area (Å²) < 4.78 is 64.7. The lowest BCUT2D eigenvalue weighted by Gasteiger charge is -2.18. The number of nitrogens with one attached hydrogen (secondary N) is 1. The first kappa shape index (κ1) is 20.2. The van der Waals surface area contributed by atoms with E-state index in [0.29, 0.717) is 24.2 Å². The van der Waals surface area contributed by atoms with Gasteiger partial charge in [-0.15, -0.1) is 0 Å². The van der Waals surface area contributed by atoms with Crippen molar-refractivity contribution >= 4 is 27.5 Å². The number of halogens is 3. The maximum absolute atomic E-state index is 13.1. The summed E-state index contributed by atoms with van der Waals surface area (Å²) in [6, 6.07) is 7.72. The average molecular weight is 415 g/mol. The molecule has 0 bridgehead atoms. The Morgan fingerprint density at radius 1 is 1.21 bits per heavy atom. The van der Waals surface area contributed by atoms with Gasteiger partial charge < -0.3 is 10.2 Å². The van der Waals surface area contributed by atoms with Gasteiger partial charge in [0.15, 0.2) is 5.69 Å². The topological polar surface area (TPSA) is 78.4 Å². The molecule has 0 unspecified atom stereocenters. The lowest BCUT2D eigenvalue weighted by molar-refractivity contribution is -0.141. The van der Waals surface area contributed by atoms with E-state index in [1.54, 1.807) is 38.4 Å². The minimum atomic E-state index is -4.59. The first-order chi connectivity index (χ1) is 13.1. The van der Waals surface area contributed by atoms with Crippen molar-refractivity contribution in [1.29, 1.82) is 0 Å². The van der Waals surface area contributed by atoms with Gasteiger partial charge in [0.25, 0.3) is 0 Å². The van der Waals surface area contributed by atoms with Gasteiger partial charge in [-0.05, 0) is 24.1 Å². The highest BCUT2D eigenvalue weighted by molar-refractivity contribution is 7.93. The molecule has 11 heteroatoms. The predicted molar refractivity (Wildman–Crippen MR) is 101 cm³/mol. The minimum Gasteiger partial charge on any atom is -0.363 e. The third kappa shape index (κ3) is 4.46. The molecule has 1 saturated heterocycles. The maximum Gasteiger partial charge on any atom is 0.433 e. The fraction of sp³-hybridized carbons (Fsp3) is 0.412. The van der Waals surface area contributed by atoms with E-state index in [4.69, 9.17) is 0 Å². The summed E-state index contributed by atoms with van der Waals surface area (Å²) in [7, 11) is -0.124. The molecular formula is C17H20F3N5O2S. The van der Waals surface area contributed by atoms with Crippen molar-refractivity contribution in [2.75, 3.05) is 40.9 Å². The van der Waals surface area contributed by atoms with Crippen molar-refractivity contribution in [3.63, 3.8) is 0 Å². The summed E-state index contributed by atoms with van der Waals surface area (Å²) in [5.74, 6) is 0.0837. The zero-order valence-corrected chi connectivity index (χ0v) is 16.2. The molecule has 7 nitrogen and oxygen atoms in total.